The van der Waals surface area contributed by atoms with E-state index in [4.69, 9.17) is 5.11 Å². The van der Waals surface area contributed by atoms with Crippen molar-refractivity contribution in [3.8, 4) is 0 Å². The highest BCUT2D eigenvalue weighted by Crippen LogP contribution is 2.37. The number of hydrogen-bond donors (Lipinski definition) is 2. The van der Waals surface area contributed by atoms with Gasteiger partial charge in [0.05, 0.1) is 11.3 Å². The molecule has 1 unspecified atom stereocenters. The number of aliphatic carboxylic acids is 1. The number of para-hydroxylation sites is 1. The second-order valence-corrected chi connectivity index (χ2v) is 4.58. The zero-order valence-electron chi connectivity index (χ0n) is 10.0. The topological polar surface area (TPSA) is 92.5 Å². The Hall–Kier alpha value is -2.18. The molecule has 102 valence electrons. The molecule has 1 aromatic rings. The van der Waals surface area contributed by atoms with Crippen molar-refractivity contribution in [1.82, 2.24) is 0 Å². The van der Waals surface area contributed by atoms with Gasteiger partial charge in [0.2, 0.25) is 5.82 Å². The van der Waals surface area contributed by atoms with Crippen LogP contribution in [0.15, 0.2) is 18.2 Å². The minimum atomic E-state index is -0.983. The predicted molar refractivity (Wildman–Crippen MR) is 65.4 cm³/mol. The van der Waals surface area contributed by atoms with E-state index in [0.717, 1.165) is 18.9 Å². The Kier molecular flexibility index (Phi) is 3.64. The highest BCUT2D eigenvalue weighted by molar-refractivity contribution is 5.70. The number of nitro benzene ring substituents is 1. The fourth-order valence-electron chi connectivity index (χ4n) is 2.04. The molecule has 0 spiro atoms. The molecule has 0 radical (unpaired) electrons. The van der Waals surface area contributed by atoms with Gasteiger partial charge in [0.25, 0.3) is 0 Å². The van der Waals surface area contributed by atoms with E-state index in [-0.39, 0.29) is 18.0 Å². The van der Waals surface area contributed by atoms with Gasteiger partial charge in [-0.3, -0.25) is 14.9 Å². The number of carboxylic acids is 1. The third-order valence-corrected chi connectivity index (χ3v) is 3.10. The summed E-state index contributed by atoms with van der Waals surface area (Å²) >= 11 is 0. The maximum atomic E-state index is 13.4. The molecule has 1 fully saturated rings. The fourth-order valence-corrected chi connectivity index (χ4v) is 2.04. The second kappa shape index (κ2) is 5.21. The van der Waals surface area contributed by atoms with Gasteiger partial charge in [-0.05, 0) is 30.9 Å². The number of carbonyl (C=O) groups is 1. The van der Waals surface area contributed by atoms with E-state index in [1.54, 1.807) is 0 Å². The maximum Gasteiger partial charge on any atom is 0.327 e. The maximum absolute atomic E-state index is 13.4. The first kappa shape index (κ1) is 13.3. The van der Waals surface area contributed by atoms with Crippen LogP contribution in [0.1, 0.15) is 19.3 Å². The number of nitrogens with zero attached hydrogens (tertiary/aromatic N) is 1. The highest BCUT2D eigenvalue weighted by atomic mass is 19.1. The van der Waals surface area contributed by atoms with Gasteiger partial charge in [-0.15, -0.1) is 0 Å². The average molecular weight is 268 g/mol. The number of nitro groups is 1. The fraction of sp³-hybridized carbons (Fsp3) is 0.417. The summed E-state index contributed by atoms with van der Waals surface area (Å²) in [6.45, 7) is 0. The van der Waals surface area contributed by atoms with Crippen LogP contribution in [0, 0.1) is 21.8 Å². The first-order chi connectivity index (χ1) is 8.99. The number of carboxylic acid groups (broad SMARTS) is 1. The van der Waals surface area contributed by atoms with Crippen LogP contribution in [0.3, 0.4) is 0 Å². The molecule has 2 N–H and O–H groups in total. The van der Waals surface area contributed by atoms with E-state index in [1.807, 2.05) is 0 Å². The monoisotopic (exact) mass is 268 g/mol. The van der Waals surface area contributed by atoms with Crippen LogP contribution in [0.2, 0.25) is 0 Å². The van der Waals surface area contributed by atoms with Crippen LogP contribution in [-0.2, 0) is 4.79 Å². The first-order valence-electron chi connectivity index (χ1n) is 5.90. The van der Waals surface area contributed by atoms with E-state index >= 15 is 0 Å². The van der Waals surface area contributed by atoms with Crippen molar-refractivity contribution in [3.05, 3.63) is 34.1 Å². The van der Waals surface area contributed by atoms with E-state index in [1.165, 1.54) is 12.1 Å². The van der Waals surface area contributed by atoms with E-state index in [0.29, 0.717) is 0 Å². The molecule has 1 aliphatic carbocycles. The third kappa shape index (κ3) is 3.18. The number of benzene rings is 1. The van der Waals surface area contributed by atoms with Crippen molar-refractivity contribution in [2.24, 2.45) is 5.92 Å². The van der Waals surface area contributed by atoms with Crippen molar-refractivity contribution in [2.75, 3.05) is 5.32 Å². The van der Waals surface area contributed by atoms with Crippen molar-refractivity contribution in [2.45, 2.75) is 25.3 Å². The molecule has 2 rings (SSSR count). The molecule has 1 aromatic carbocycles. The molecular formula is C12H13FN2O4. The molecule has 6 nitrogen and oxygen atoms in total. The Balaban J connectivity index is 2.23. The Labute approximate surface area is 108 Å². The lowest BCUT2D eigenvalue weighted by molar-refractivity contribution is -0.386. The molecule has 19 heavy (non-hydrogen) atoms. The number of hydrogen-bond acceptors (Lipinski definition) is 4. The lowest BCUT2D eigenvalue weighted by Crippen LogP contribution is -2.25. The molecule has 0 saturated heterocycles. The van der Waals surface area contributed by atoms with Gasteiger partial charge in [0.1, 0.15) is 5.69 Å². The highest BCUT2D eigenvalue weighted by Gasteiger charge is 2.34. The van der Waals surface area contributed by atoms with Crippen LogP contribution in [0.4, 0.5) is 15.8 Å². The summed E-state index contributed by atoms with van der Waals surface area (Å²) in [7, 11) is 0. The van der Waals surface area contributed by atoms with Crippen molar-refractivity contribution >= 4 is 17.3 Å². The van der Waals surface area contributed by atoms with Crippen molar-refractivity contribution in [3.63, 3.8) is 0 Å². The second-order valence-electron chi connectivity index (χ2n) is 4.58. The van der Waals surface area contributed by atoms with Gasteiger partial charge in [-0.1, -0.05) is 6.07 Å². The van der Waals surface area contributed by atoms with Crippen LogP contribution >= 0.6 is 0 Å². The van der Waals surface area contributed by atoms with Crippen molar-refractivity contribution < 1.29 is 19.2 Å². The number of halogens is 1. The zero-order valence-corrected chi connectivity index (χ0v) is 10.0. The summed E-state index contributed by atoms with van der Waals surface area (Å²) in [5, 5.41) is 22.5. The summed E-state index contributed by atoms with van der Waals surface area (Å²) in [5.41, 5.74) is -0.610. The predicted octanol–water partition coefficient (Wildman–Crippen LogP) is 2.40. The summed E-state index contributed by atoms with van der Waals surface area (Å²) in [5.74, 6) is -1.73. The van der Waals surface area contributed by atoms with E-state index in [9.17, 15) is 19.3 Å². The van der Waals surface area contributed by atoms with Crippen LogP contribution < -0.4 is 5.32 Å². The quantitative estimate of drug-likeness (QED) is 0.610. The lowest BCUT2D eigenvalue weighted by atomic mass is 10.1. The smallest absolute Gasteiger partial charge is 0.327 e. The minimum Gasteiger partial charge on any atom is -0.481 e. The Morgan fingerprint density at radius 3 is 2.79 bits per heavy atom. The van der Waals surface area contributed by atoms with Gasteiger partial charge in [0.15, 0.2) is 0 Å². The van der Waals surface area contributed by atoms with Gasteiger partial charge in [0, 0.05) is 6.04 Å². The molecule has 1 atom stereocenters. The summed E-state index contributed by atoms with van der Waals surface area (Å²) in [4.78, 5) is 20.8. The zero-order chi connectivity index (χ0) is 14.0. The Morgan fingerprint density at radius 1 is 1.58 bits per heavy atom. The van der Waals surface area contributed by atoms with Crippen LogP contribution in [0.25, 0.3) is 0 Å². The summed E-state index contributed by atoms with van der Waals surface area (Å²) < 4.78 is 13.4. The van der Waals surface area contributed by atoms with Gasteiger partial charge >= 0.3 is 11.7 Å². The molecular weight excluding hydrogens is 255 g/mol. The largest absolute Gasteiger partial charge is 0.481 e. The van der Waals surface area contributed by atoms with Gasteiger partial charge in [-0.25, -0.2) is 0 Å². The summed E-state index contributed by atoms with van der Waals surface area (Å²) in [6, 6.07) is 3.35. The molecule has 1 aliphatic rings. The van der Waals surface area contributed by atoms with E-state index < -0.39 is 28.4 Å². The molecule has 0 aromatic heterocycles. The first-order valence-corrected chi connectivity index (χ1v) is 5.90. The third-order valence-electron chi connectivity index (χ3n) is 3.10. The molecule has 7 heteroatoms. The molecule has 0 aliphatic heterocycles. The number of nitrogens with one attached hydrogen (secondary N) is 1. The van der Waals surface area contributed by atoms with Crippen molar-refractivity contribution in [1.29, 1.82) is 0 Å². The van der Waals surface area contributed by atoms with E-state index in [2.05, 4.69) is 5.32 Å². The number of rotatable bonds is 6. The SMILES string of the molecule is O=C(O)CC(Nc1cccc(F)c1[N+](=O)[O-])C1CC1. The average Bonchev–Trinajstić information content (AvgIpc) is 3.10. The molecule has 0 heterocycles. The normalized spacial score (nSPS) is 15.8. The summed E-state index contributed by atoms with van der Waals surface area (Å²) in [6.07, 6.45) is 1.63. The Morgan fingerprint density at radius 2 is 2.26 bits per heavy atom. The van der Waals surface area contributed by atoms with Crippen LogP contribution in [-0.4, -0.2) is 22.0 Å². The van der Waals surface area contributed by atoms with Gasteiger partial charge < -0.3 is 10.4 Å². The lowest BCUT2D eigenvalue weighted by Gasteiger charge is -2.17. The minimum absolute atomic E-state index is 0.0307. The number of anilines is 1. The molecule has 0 amide bonds. The standard InChI is InChI=1S/C12H13FN2O4/c13-8-2-1-3-9(12(8)15(18)19)14-10(6-11(16)17)7-4-5-7/h1-3,7,10,14H,4-6H2,(H,16,17). The molecule has 0 bridgehead atoms. The Bertz CT molecular complexity index is 516. The molecule has 1 saturated carbocycles. The van der Waals surface area contributed by atoms with Gasteiger partial charge in [-0.2, -0.15) is 4.39 Å². The van der Waals surface area contributed by atoms with Crippen LogP contribution in [0.5, 0.6) is 0 Å².